The number of hydrogen-bond donors (Lipinski definition) is 0. The summed E-state index contributed by atoms with van der Waals surface area (Å²) in [5.74, 6) is 0.496. The molecule has 44 valence electrons. The number of nitrogens with zero attached hydrogens (tertiary/aromatic N) is 1. The van der Waals surface area contributed by atoms with Gasteiger partial charge in [-0.25, -0.2) is 4.99 Å². The molecule has 0 atom stereocenters. The number of hydrogen-bond acceptors (Lipinski definition) is 3. The monoisotopic (exact) mass is 149 g/mol. The summed E-state index contributed by atoms with van der Waals surface area (Å²) in [6, 6.07) is 0. The lowest BCUT2D eigenvalue weighted by molar-refractivity contribution is 0.627. The van der Waals surface area contributed by atoms with Crippen molar-refractivity contribution in [2.45, 2.75) is 0 Å². The number of thioether (sulfide) groups is 1. The van der Waals surface area contributed by atoms with E-state index in [9.17, 15) is 8.42 Å². The first-order valence-electron chi connectivity index (χ1n) is 1.90. The molecule has 0 saturated carbocycles. The van der Waals surface area contributed by atoms with Gasteiger partial charge in [-0.1, -0.05) is 0 Å². The molecular formula is C3H3NO2S2. The molecule has 0 aromatic heterocycles. The molecule has 1 aliphatic rings. The van der Waals surface area contributed by atoms with Gasteiger partial charge in [0.2, 0.25) is 10.3 Å². The fourth-order valence-corrected chi connectivity index (χ4v) is 1.62. The summed E-state index contributed by atoms with van der Waals surface area (Å²) in [5, 5.41) is 0. The first-order valence-corrected chi connectivity index (χ1v) is 4.02. The van der Waals surface area contributed by atoms with Gasteiger partial charge in [0.05, 0.1) is 11.3 Å². The topological polar surface area (TPSA) is 46.5 Å². The molecule has 0 unspecified atom stereocenters. The van der Waals surface area contributed by atoms with Crippen LogP contribution in [0.1, 0.15) is 0 Å². The molecule has 0 saturated heterocycles. The van der Waals surface area contributed by atoms with Crippen LogP contribution in [0.3, 0.4) is 0 Å². The van der Waals surface area contributed by atoms with E-state index in [2.05, 4.69) is 4.99 Å². The Kier molecular flexibility index (Phi) is 1.69. The summed E-state index contributed by atoms with van der Waals surface area (Å²) in [5.41, 5.74) is 1.53. The van der Waals surface area contributed by atoms with Gasteiger partial charge in [-0.15, -0.1) is 11.8 Å². The minimum Gasteiger partial charge on any atom is -0.237 e. The maximum absolute atomic E-state index is 10.0. The third-order valence-electron chi connectivity index (χ3n) is 0.670. The van der Waals surface area contributed by atoms with E-state index in [1.54, 1.807) is 0 Å². The number of aliphatic imine (C=N–C) groups is 1. The quantitative estimate of drug-likeness (QED) is 0.447. The van der Waals surface area contributed by atoms with Crippen molar-refractivity contribution in [1.29, 1.82) is 0 Å². The van der Waals surface area contributed by atoms with Crippen LogP contribution in [0.4, 0.5) is 0 Å². The van der Waals surface area contributed by atoms with Crippen LogP contribution in [0.2, 0.25) is 0 Å². The van der Waals surface area contributed by atoms with Gasteiger partial charge in [0.25, 0.3) is 0 Å². The molecule has 0 aromatic rings. The summed E-state index contributed by atoms with van der Waals surface area (Å²) >= 11 is 1.39. The SMILES string of the molecule is O=S(=O)=C1CSC=N1. The summed E-state index contributed by atoms with van der Waals surface area (Å²) in [7, 11) is -2.09. The van der Waals surface area contributed by atoms with Gasteiger partial charge in [-0.2, -0.15) is 8.42 Å². The van der Waals surface area contributed by atoms with Crippen LogP contribution in [0.5, 0.6) is 0 Å². The van der Waals surface area contributed by atoms with Crippen molar-refractivity contribution in [3.05, 3.63) is 0 Å². The highest BCUT2D eigenvalue weighted by molar-refractivity contribution is 8.13. The van der Waals surface area contributed by atoms with Crippen molar-refractivity contribution < 1.29 is 8.42 Å². The zero-order chi connectivity index (χ0) is 5.98. The zero-order valence-corrected chi connectivity index (χ0v) is 5.50. The molecule has 0 N–H and O–H groups in total. The minimum absolute atomic E-state index is 0.245. The average molecular weight is 149 g/mol. The fourth-order valence-electron chi connectivity index (χ4n) is 0.333. The van der Waals surface area contributed by atoms with E-state index >= 15 is 0 Å². The van der Waals surface area contributed by atoms with Crippen molar-refractivity contribution in [2.24, 2.45) is 4.99 Å². The Balaban J connectivity index is 3.07. The highest BCUT2D eigenvalue weighted by Gasteiger charge is 2.02. The lowest BCUT2D eigenvalue weighted by Gasteiger charge is -1.73. The van der Waals surface area contributed by atoms with Crippen molar-refractivity contribution in [1.82, 2.24) is 0 Å². The lowest BCUT2D eigenvalue weighted by Crippen LogP contribution is -1.91. The van der Waals surface area contributed by atoms with Gasteiger partial charge in [0.1, 0.15) is 0 Å². The van der Waals surface area contributed by atoms with Crippen LogP contribution >= 0.6 is 11.8 Å². The van der Waals surface area contributed by atoms with Crippen molar-refractivity contribution in [3.8, 4) is 0 Å². The summed E-state index contributed by atoms with van der Waals surface area (Å²) in [6.07, 6.45) is 0. The highest BCUT2D eigenvalue weighted by atomic mass is 32.2. The molecule has 1 rings (SSSR count). The third-order valence-corrected chi connectivity index (χ3v) is 2.18. The molecule has 3 nitrogen and oxygen atoms in total. The van der Waals surface area contributed by atoms with E-state index in [-0.39, 0.29) is 4.99 Å². The van der Waals surface area contributed by atoms with E-state index in [1.807, 2.05) is 0 Å². The van der Waals surface area contributed by atoms with E-state index in [0.717, 1.165) is 0 Å². The maximum atomic E-state index is 10.0. The Bertz CT molecular complexity index is 230. The zero-order valence-electron chi connectivity index (χ0n) is 3.86. The van der Waals surface area contributed by atoms with Gasteiger partial charge >= 0.3 is 0 Å². The molecule has 0 radical (unpaired) electrons. The van der Waals surface area contributed by atoms with Crippen LogP contribution in [0, 0.1) is 0 Å². The summed E-state index contributed by atoms with van der Waals surface area (Å²) in [4.78, 5) is 3.82. The Hall–Kier alpha value is -0.290. The van der Waals surface area contributed by atoms with Gasteiger partial charge in [0, 0.05) is 0 Å². The van der Waals surface area contributed by atoms with Gasteiger partial charge in [0.15, 0.2) is 4.99 Å². The van der Waals surface area contributed by atoms with E-state index in [4.69, 9.17) is 0 Å². The normalized spacial score (nSPS) is 17.2. The summed E-state index contributed by atoms with van der Waals surface area (Å²) in [6.45, 7) is 0. The predicted molar refractivity (Wildman–Crippen MR) is 34.9 cm³/mol. The maximum Gasteiger partial charge on any atom is 0.236 e. The lowest BCUT2D eigenvalue weighted by atomic mass is 10.8. The summed E-state index contributed by atoms with van der Waals surface area (Å²) < 4.78 is 20.1. The molecule has 5 heteroatoms. The van der Waals surface area contributed by atoms with Crippen molar-refractivity contribution in [3.63, 3.8) is 0 Å². The molecular weight excluding hydrogens is 146 g/mol. The Morgan fingerprint density at radius 3 is 2.75 bits per heavy atom. The highest BCUT2D eigenvalue weighted by Crippen LogP contribution is 2.03. The molecule has 0 aliphatic carbocycles. The third kappa shape index (κ3) is 1.10. The molecule has 0 fully saturated rings. The van der Waals surface area contributed by atoms with Crippen molar-refractivity contribution >= 4 is 32.6 Å². The van der Waals surface area contributed by atoms with Gasteiger partial charge in [-0.3, -0.25) is 0 Å². The second-order valence-corrected chi connectivity index (χ2v) is 2.95. The molecule has 0 amide bonds. The minimum atomic E-state index is -2.09. The Morgan fingerprint density at radius 2 is 2.50 bits per heavy atom. The molecule has 1 heterocycles. The van der Waals surface area contributed by atoms with E-state index < -0.39 is 10.3 Å². The molecule has 0 spiro atoms. The van der Waals surface area contributed by atoms with Crippen LogP contribution in [-0.2, 0) is 10.3 Å². The molecule has 0 bridgehead atoms. The Labute approximate surface area is 52.3 Å². The van der Waals surface area contributed by atoms with Crippen LogP contribution in [0.25, 0.3) is 0 Å². The van der Waals surface area contributed by atoms with E-state index in [0.29, 0.717) is 5.75 Å². The predicted octanol–water partition coefficient (Wildman–Crippen LogP) is -0.229. The van der Waals surface area contributed by atoms with Gasteiger partial charge in [-0.05, 0) is 0 Å². The first-order chi connectivity index (χ1) is 3.80. The number of rotatable bonds is 0. The van der Waals surface area contributed by atoms with Crippen LogP contribution in [0.15, 0.2) is 4.99 Å². The van der Waals surface area contributed by atoms with Crippen molar-refractivity contribution in [2.75, 3.05) is 5.75 Å². The van der Waals surface area contributed by atoms with Crippen LogP contribution < -0.4 is 0 Å². The fraction of sp³-hybridized carbons (Fsp3) is 0.333. The first kappa shape index (κ1) is 5.84. The molecule has 1 aliphatic heterocycles. The standard InChI is InChI=1S/C3H3NO2S2/c5-8(6)3-1-7-2-4-3/h2H,1H2. The molecule has 0 aromatic carbocycles. The largest absolute Gasteiger partial charge is 0.237 e. The van der Waals surface area contributed by atoms with Crippen LogP contribution in [-0.4, -0.2) is 24.7 Å². The van der Waals surface area contributed by atoms with E-state index in [1.165, 1.54) is 17.3 Å². The average Bonchev–Trinajstić information content (AvgIpc) is 2.12. The second-order valence-electron chi connectivity index (χ2n) is 1.17. The molecule has 8 heavy (non-hydrogen) atoms. The van der Waals surface area contributed by atoms with Gasteiger partial charge < -0.3 is 0 Å². The Morgan fingerprint density at radius 1 is 1.75 bits per heavy atom. The second kappa shape index (κ2) is 2.32. The smallest absolute Gasteiger partial charge is 0.236 e.